The number of aliphatic hydroxyl groups is 1. The van der Waals surface area contributed by atoms with Crippen molar-refractivity contribution < 1.29 is 9.84 Å². The molecule has 1 saturated heterocycles. The first-order chi connectivity index (χ1) is 9.15. The first-order valence-electron chi connectivity index (χ1n) is 6.82. The number of nitrogens with zero attached hydrogens (tertiary/aromatic N) is 1. The van der Waals surface area contributed by atoms with E-state index in [-0.39, 0.29) is 12.0 Å². The van der Waals surface area contributed by atoms with Crippen molar-refractivity contribution in [2.45, 2.75) is 25.0 Å². The largest absolute Gasteiger partial charge is 0.396 e. The molecule has 1 aliphatic rings. The highest BCUT2D eigenvalue weighted by atomic mass is 32.2. The van der Waals surface area contributed by atoms with Crippen molar-refractivity contribution in [2.75, 3.05) is 46.2 Å². The average molecular weight is 289 g/mol. The van der Waals surface area contributed by atoms with Crippen LogP contribution in [-0.4, -0.2) is 62.5 Å². The summed E-state index contributed by atoms with van der Waals surface area (Å²) in [5.74, 6) is 0.824. The van der Waals surface area contributed by atoms with Crippen molar-refractivity contribution in [3.05, 3.63) is 0 Å². The van der Waals surface area contributed by atoms with E-state index in [1.807, 2.05) is 11.8 Å². The van der Waals surface area contributed by atoms with Crippen molar-refractivity contribution in [1.29, 1.82) is 0 Å². The SMILES string of the molecule is CN=C(NCC(C)SC)NCC1(CCO)CCOC1. The zero-order valence-corrected chi connectivity index (χ0v) is 13.1. The van der Waals surface area contributed by atoms with Gasteiger partial charge in [0.25, 0.3) is 0 Å². The van der Waals surface area contributed by atoms with Crippen molar-refractivity contribution >= 4 is 17.7 Å². The predicted molar refractivity (Wildman–Crippen MR) is 81.9 cm³/mol. The number of hydrogen-bond donors (Lipinski definition) is 3. The lowest BCUT2D eigenvalue weighted by atomic mass is 9.84. The Labute approximate surface area is 120 Å². The van der Waals surface area contributed by atoms with Gasteiger partial charge in [-0.3, -0.25) is 4.99 Å². The molecule has 0 saturated carbocycles. The van der Waals surface area contributed by atoms with E-state index < -0.39 is 0 Å². The van der Waals surface area contributed by atoms with Crippen LogP contribution in [0.1, 0.15) is 19.8 Å². The summed E-state index contributed by atoms with van der Waals surface area (Å²) in [6.07, 6.45) is 3.88. The molecule has 0 aromatic rings. The molecule has 2 atom stereocenters. The Morgan fingerprint density at radius 1 is 1.53 bits per heavy atom. The number of aliphatic imine (C=N–C) groups is 1. The maximum Gasteiger partial charge on any atom is 0.191 e. The molecule has 5 nitrogen and oxygen atoms in total. The molecule has 1 aliphatic heterocycles. The first-order valence-corrected chi connectivity index (χ1v) is 8.10. The standard InChI is InChI=1S/C13H27N3O2S/c1-11(19-3)8-15-12(14-2)16-9-13(4-6-17)5-7-18-10-13/h11,17H,4-10H2,1-3H3,(H2,14,15,16). The van der Waals surface area contributed by atoms with Gasteiger partial charge in [0.2, 0.25) is 0 Å². The molecule has 0 aromatic carbocycles. The summed E-state index contributed by atoms with van der Waals surface area (Å²) in [6.45, 7) is 5.59. The third kappa shape index (κ3) is 5.58. The Balaban J connectivity index is 2.39. The summed E-state index contributed by atoms with van der Waals surface area (Å²) >= 11 is 1.83. The van der Waals surface area contributed by atoms with Gasteiger partial charge < -0.3 is 20.5 Å². The smallest absolute Gasteiger partial charge is 0.191 e. The Morgan fingerprint density at radius 2 is 2.32 bits per heavy atom. The minimum Gasteiger partial charge on any atom is -0.396 e. The molecule has 6 heteroatoms. The van der Waals surface area contributed by atoms with Crippen LogP contribution < -0.4 is 10.6 Å². The van der Waals surface area contributed by atoms with Crippen LogP contribution in [0.5, 0.6) is 0 Å². The fourth-order valence-corrected chi connectivity index (χ4v) is 2.38. The Morgan fingerprint density at radius 3 is 2.84 bits per heavy atom. The van der Waals surface area contributed by atoms with E-state index in [2.05, 4.69) is 28.8 Å². The lowest BCUT2D eigenvalue weighted by Gasteiger charge is -2.28. The highest BCUT2D eigenvalue weighted by molar-refractivity contribution is 7.99. The number of nitrogens with one attached hydrogen (secondary N) is 2. The highest BCUT2D eigenvalue weighted by Gasteiger charge is 2.34. The van der Waals surface area contributed by atoms with Crippen LogP contribution in [-0.2, 0) is 4.74 Å². The number of ether oxygens (including phenoxy) is 1. The summed E-state index contributed by atoms with van der Waals surface area (Å²) in [5, 5.41) is 16.4. The van der Waals surface area contributed by atoms with E-state index in [1.54, 1.807) is 7.05 Å². The fraction of sp³-hybridized carbons (Fsp3) is 0.923. The van der Waals surface area contributed by atoms with Crippen LogP contribution >= 0.6 is 11.8 Å². The normalized spacial score (nSPS) is 25.4. The number of thioether (sulfide) groups is 1. The van der Waals surface area contributed by atoms with Gasteiger partial charge in [0, 0.05) is 44.0 Å². The molecule has 1 fully saturated rings. The van der Waals surface area contributed by atoms with Crippen LogP contribution in [0.3, 0.4) is 0 Å². The molecule has 2 unspecified atom stereocenters. The Hall–Kier alpha value is -0.460. The van der Waals surface area contributed by atoms with Crippen LogP contribution in [0.15, 0.2) is 4.99 Å². The van der Waals surface area contributed by atoms with Gasteiger partial charge in [-0.15, -0.1) is 0 Å². The molecule has 112 valence electrons. The molecule has 0 aromatic heterocycles. The lowest BCUT2D eigenvalue weighted by Crippen LogP contribution is -2.45. The minimum absolute atomic E-state index is 0.0531. The van der Waals surface area contributed by atoms with Crippen molar-refractivity contribution in [3.63, 3.8) is 0 Å². The van der Waals surface area contributed by atoms with Crippen LogP contribution in [0.4, 0.5) is 0 Å². The van der Waals surface area contributed by atoms with E-state index in [1.165, 1.54) is 0 Å². The van der Waals surface area contributed by atoms with Crippen LogP contribution in [0.25, 0.3) is 0 Å². The van der Waals surface area contributed by atoms with Gasteiger partial charge >= 0.3 is 0 Å². The monoisotopic (exact) mass is 289 g/mol. The van der Waals surface area contributed by atoms with Gasteiger partial charge in [-0.05, 0) is 19.1 Å². The molecule has 0 amide bonds. The van der Waals surface area contributed by atoms with E-state index in [0.29, 0.717) is 5.25 Å². The van der Waals surface area contributed by atoms with Gasteiger partial charge in [0.1, 0.15) is 0 Å². The van der Waals surface area contributed by atoms with E-state index in [4.69, 9.17) is 4.74 Å². The first kappa shape index (κ1) is 16.6. The van der Waals surface area contributed by atoms with Crippen LogP contribution in [0, 0.1) is 5.41 Å². The molecule has 3 N–H and O–H groups in total. The third-order valence-corrected chi connectivity index (χ3v) is 4.61. The van der Waals surface area contributed by atoms with Crippen molar-refractivity contribution in [1.82, 2.24) is 10.6 Å². The maximum absolute atomic E-state index is 9.19. The predicted octanol–water partition coefficient (Wildman–Crippen LogP) is 0.692. The van der Waals surface area contributed by atoms with Gasteiger partial charge in [-0.1, -0.05) is 6.92 Å². The van der Waals surface area contributed by atoms with Gasteiger partial charge in [-0.2, -0.15) is 11.8 Å². The molecular formula is C13H27N3O2S. The van der Waals surface area contributed by atoms with Gasteiger partial charge in [-0.25, -0.2) is 0 Å². The van der Waals surface area contributed by atoms with E-state index in [9.17, 15) is 5.11 Å². The minimum atomic E-state index is 0.0531. The van der Waals surface area contributed by atoms with Gasteiger partial charge in [0.15, 0.2) is 5.96 Å². The molecule has 0 radical (unpaired) electrons. The summed E-state index contributed by atoms with van der Waals surface area (Å²) in [5.41, 5.74) is 0.0531. The van der Waals surface area contributed by atoms with Gasteiger partial charge in [0.05, 0.1) is 6.61 Å². The number of aliphatic hydroxyl groups excluding tert-OH is 1. The molecule has 0 aliphatic carbocycles. The maximum atomic E-state index is 9.19. The molecule has 0 spiro atoms. The van der Waals surface area contributed by atoms with Crippen LogP contribution in [0.2, 0.25) is 0 Å². The van der Waals surface area contributed by atoms with Crippen molar-refractivity contribution in [3.8, 4) is 0 Å². The zero-order chi connectivity index (χ0) is 14.1. The van der Waals surface area contributed by atoms with E-state index >= 15 is 0 Å². The topological polar surface area (TPSA) is 65.9 Å². The quantitative estimate of drug-likeness (QED) is 0.475. The molecule has 19 heavy (non-hydrogen) atoms. The summed E-state index contributed by atoms with van der Waals surface area (Å²) in [6, 6.07) is 0. The van der Waals surface area contributed by atoms with Crippen molar-refractivity contribution in [2.24, 2.45) is 10.4 Å². The molecule has 0 bridgehead atoms. The highest BCUT2D eigenvalue weighted by Crippen LogP contribution is 2.31. The summed E-state index contributed by atoms with van der Waals surface area (Å²) in [4.78, 5) is 4.23. The third-order valence-electron chi connectivity index (χ3n) is 3.64. The number of guanidine groups is 1. The fourth-order valence-electron chi connectivity index (χ4n) is 2.13. The van der Waals surface area contributed by atoms with E-state index in [0.717, 1.165) is 45.1 Å². The number of hydrogen-bond acceptors (Lipinski definition) is 4. The average Bonchev–Trinajstić information content (AvgIpc) is 2.88. The molecule has 1 heterocycles. The Kier molecular flexibility index (Phi) is 7.56. The molecular weight excluding hydrogens is 262 g/mol. The Bertz CT molecular complexity index is 281. The summed E-state index contributed by atoms with van der Waals surface area (Å²) in [7, 11) is 1.78. The number of rotatable bonds is 7. The summed E-state index contributed by atoms with van der Waals surface area (Å²) < 4.78 is 5.48. The second-order valence-electron chi connectivity index (χ2n) is 5.13. The molecule has 1 rings (SSSR count). The lowest BCUT2D eigenvalue weighted by molar-refractivity contribution is 0.127. The second-order valence-corrected chi connectivity index (χ2v) is 6.41. The zero-order valence-electron chi connectivity index (χ0n) is 12.2. The second kappa shape index (κ2) is 8.66.